The Balaban J connectivity index is 2.03. The zero-order valence-corrected chi connectivity index (χ0v) is 15.1. The van der Waals surface area contributed by atoms with Gasteiger partial charge in [0.1, 0.15) is 16.9 Å². The normalized spacial score (nSPS) is 15.8. The van der Waals surface area contributed by atoms with Gasteiger partial charge >= 0.3 is 5.97 Å². The van der Waals surface area contributed by atoms with Gasteiger partial charge in [0.25, 0.3) is 5.91 Å². The quantitative estimate of drug-likeness (QED) is 0.749. The Morgan fingerprint density at radius 2 is 2.00 bits per heavy atom. The molecule has 2 rings (SSSR count). The second-order valence-corrected chi connectivity index (χ2v) is 6.51. The first-order valence-corrected chi connectivity index (χ1v) is 8.50. The maximum Gasteiger partial charge on any atom is 0.342 e. The van der Waals surface area contributed by atoms with Crippen LogP contribution >= 0.6 is 11.6 Å². The highest BCUT2D eigenvalue weighted by atomic mass is 35.5. The molecule has 1 fully saturated rings. The number of benzene rings is 1. The number of methoxy groups -OCH3 is 1. The van der Waals surface area contributed by atoms with Gasteiger partial charge in [0.05, 0.1) is 13.2 Å². The van der Waals surface area contributed by atoms with E-state index in [1.807, 2.05) is 0 Å². The molecule has 0 bridgehead atoms. The van der Waals surface area contributed by atoms with Gasteiger partial charge in [0.15, 0.2) is 6.61 Å². The van der Waals surface area contributed by atoms with Crippen molar-refractivity contribution in [1.29, 1.82) is 5.26 Å². The molecule has 0 spiro atoms. The SMILES string of the molecule is COc1ccc(Cl)cc1C(=O)OCC(=O)N(C)C1(C#N)CCCCC1. The van der Waals surface area contributed by atoms with Gasteiger partial charge < -0.3 is 14.4 Å². The number of amides is 1. The molecule has 0 heterocycles. The summed E-state index contributed by atoms with van der Waals surface area (Å²) in [5, 5.41) is 9.90. The summed E-state index contributed by atoms with van der Waals surface area (Å²) in [7, 11) is 3.02. The lowest BCUT2D eigenvalue weighted by Crippen LogP contribution is -2.51. The van der Waals surface area contributed by atoms with Crippen LogP contribution in [0.15, 0.2) is 18.2 Å². The van der Waals surface area contributed by atoms with Crippen molar-refractivity contribution in [3.8, 4) is 11.8 Å². The van der Waals surface area contributed by atoms with Gasteiger partial charge in [-0.1, -0.05) is 30.9 Å². The van der Waals surface area contributed by atoms with Crippen molar-refractivity contribution < 1.29 is 19.1 Å². The topological polar surface area (TPSA) is 79.6 Å². The van der Waals surface area contributed by atoms with E-state index in [-0.39, 0.29) is 5.56 Å². The number of hydrogen-bond acceptors (Lipinski definition) is 5. The zero-order valence-electron chi connectivity index (χ0n) is 14.4. The van der Waals surface area contributed by atoms with Gasteiger partial charge in [-0.25, -0.2) is 4.79 Å². The number of hydrogen-bond donors (Lipinski definition) is 0. The molecule has 1 aliphatic rings. The summed E-state index contributed by atoms with van der Waals surface area (Å²) in [6, 6.07) is 6.84. The molecule has 0 aromatic heterocycles. The highest BCUT2D eigenvalue weighted by molar-refractivity contribution is 6.31. The summed E-state index contributed by atoms with van der Waals surface area (Å²) in [6.45, 7) is -0.436. The Morgan fingerprint density at radius 3 is 2.60 bits per heavy atom. The fourth-order valence-corrected chi connectivity index (χ4v) is 3.21. The number of likely N-dealkylation sites (N-methyl/N-ethyl adjacent to an activating group) is 1. The monoisotopic (exact) mass is 364 g/mol. The molecular weight excluding hydrogens is 344 g/mol. The number of carbonyl (C=O) groups excluding carboxylic acids is 2. The van der Waals surface area contributed by atoms with Crippen LogP contribution in [0, 0.1) is 11.3 Å². The first-order valence-electron chi connectivity index (χ1n) is 8.12. The fraction of sp³-hybridized carbons (Fsp3) is 0.500. The molecular formula is C18H21ClN2O4. The summed E-state index contributed by atoms with van der Waals surface area (Å²) in [4.78, 5) is 26.0. The summed E-state index contributed by atoms with van der Waals surface area (Å²) in [5.41, 5.74) is -0.659. The Hall–Kier alpha value is -2.26. The first-order chi connectivity index (χ1) is 11.9. The minimum Gasteiger partial charge on any atom is -0.496 e. The molecule has 0 aliphatic heterocycles. The van der Waals surface area contributed by atoms with Gasteiger partial charge in [0, 0.05) is 12.1 Å². The Bertz CT molecular complexity index is 693. The zero-order chi connectivity index (χ0) is 18.4. The van der Waals surface area contributed by atoms with Gasteiger partial charge in [-0.3, -0.25) is 4.79 Å². The summed E-state index contributed by atoms with van der Waals surface area (Å²) in [5.74, 6) is -0.787. The van der Waals surface area contributed by atoms with Crippen molar-refractivity contribution in [1.82, 2.24) is 4.90 Å². The average Bonchev–Trinajstić information content (AvgIpc) is 2.65. The van der Waals surface area contributed by atoms with E-state index in [0.717, 1.165) is 19.3 Å². The molecule has 6 nitrogen and oxygen atoms in total. The van der Waals surface area contributed by atoms with Crippen LogP contribution in [0.4, 0.5) is 0 Å². The fourth-order valence-electron chi connectivity index (χ4n) is 3.04. The van der Waals surface area contributed by atoms with E-state index in [0.29, 0.717) is 23.6 Å². The van der Waals surface area contributed by atoms with Crippen LogP contribution in [-0.4, -0.2) is 43.1 Å². The van der Waals surface area contributed by atoms with Gasteiger partial charge in [-0.15, -0.1) is 0 Å². The molecule has 0 saturated heterocycles. The lowest BCUT2D eigenvalue weighted by molar-refractivity contribution is -0.138. The maximum absolute atomic E-state index is 12.4. The minimum absolute atomic E-state index is 0.151. The van der Waals surface area contributed by atoms with E-state index in [2.05, 4.69) is 6.07 Å². The number of rotatable bonds is 5. The van der Waals surface area contributed by atoms with Crippen LogP contribution in [0.2, 0.25) is 5.02 Å². The van der Waals surface area contributed by atoms with E-state index in [1.165, 1.54) is 18.1 Å². The molecule has 25 heavy (non-hydrogen) atoms. The predicted molar refractivity (Wildman–Crippen MR) is 92.5 cm³/mol. The first kappa shape index (κ1) is 19.1. The lowest BCUT2D eigenvalue weighted by Gasteiger charge is -2.38. The van der Waals surface area contributed by atoms with Crippen molar-refractivity contribution in [2.75, 3.05) is 20.8 Å². The number of nitrogens with zero attached hydrogens (tertiary/aromatic N) is 2. The van der Waals surface area contributed by atoms with Crippen molar-refractivity contribution in [3.05, 3.63) is 28.8 Å². The number of esters is 1. The molecule has 134 valence electrons. The van der Waals surface area contributed by atoms with E-state index in [4.69, 9.17) is 21.1 Å². The van der Waals surface area contributed by atoms with E-state index in [9.17, 15) is 14.9 Å². The van der Waals surface area contributed by atoms with Crippen LogP contribution in [0.5, 0.6) is 5.75 Å². The average molecular weight is 365 g/mol. The standard InChI is InChI=1S/C18H21ClN2O4/c1-21(18(12-20)8-4-3-5-9-18)16(22)11-25-17(23)14-10-13(19)6-7-15(14)24-2/h6-7,10H,3-5,8-9,11H2,1-2H3. The van der Waals surface area contributed by atoms with E-state index < -0.39 is 24.0 Å². The number of halogens is 1. The van der Waals surface area contributed by atoms with Crippen LogP contribution in [0.25, 0.3) is 0 Å². The molecule has 1 saturated carbocycles. The predicted octanol–water partition coefficient (Wildman–Crippen LogP) is 3.19. The second kappa shape index (κ2) is 8.21. The van der Waals surface area contributed by atoms with Gasteiger partial charge in [0.2, 0.25) is 0 Å². The molecule has 0 N–H and O–H groups in total. The van der Waals surface area contributed by atoms with E-state index in [1.54, 1.807) is 19.2 Å². The Kier molecular flexibility index (Phi) is 6.27. The molecule has 1 amide bonds. The largest absolute Gasteiger partial charge is 0.496 e. The Morgan fingerprint density at radius 1 is 1.32 bits per heavy atom. The minimum atomic E-state index is -0.810. The van der Waals surface area contributed by atoms with Crippen LogP contribution < -0.4 is 4.74 Å². The third kappa shape index (κ3) is 4.23. The molecule has 0 radical (unpaired) electrons. The number of ether oxygens (including phenoxy) is 2. The molecule has 0 unspecified atom stereocenters. The summed E-state index contributed by atoms with van der Waals surface area (Å²) < 4.78 is 10.2. The highest BCUT2D eigenvalue weighted by Gasteiger charge is 2.39. The third-order valence-corrected chi connectivity index (χ3v) is 4.85. The molecule has 1 aromatic carbocycles. The molecule has 1 aromatic rings. The van der Waals surface area contributed by atoms with Gasteiger partial charge in [-0.05, 0) is 31.0 Å². The molecule has 7 heteroatoms. The molecule has 1 aliphatic carbocycles. The van der Waals surface area contributed by atoms with Crippen LogP contribution in [-0.2, 0) is 9.53 Å². The summed E-state index contributed by atoms with van der Waals surface area (Å²) >= 11 is 5.90. The summed E-state index contributed by atoms with van der Waals surface area (Å²) in [6.07, 6.45) is 4.16. The smallest absolute Gasteiger partial charge is 0.342 e. The number of carbonyl (C=O) groups is 2. The lowest BCUT2D eigenvalue weighted by atomic mass is 9.81. The Labute approximate surface area is 152 Å². The van der Waals surface area contributed by atoms with Crippen molar-refractivity contribution in [2.45, 2.75) is 37.6 Å². The highest BCUT2D eigenvalue weighted by Crippen LogP contribution is 2.32. The van der Waals surface area contributed by atoms with E-state index >= 15 is 0 Å². The van der Waals surface area contributed by atoms with Crippen molar-refractivity contribution in [2.24, 2.45) is 0 Å². The number of nitriles is 1. The van der Waals surface area contributed by atoms with Crippen molar-refractivity contribution in [3.63, 3.8) is 0 Å². The van der Waals surface area contributed by atoms with Crippen LogP contribution in [0.3, 0.4) is 0 Å². The molecule has 0 atom stereocenters. The second-order valence-electron chi connectivity index (χ2n) is 6.08. The maximum atomic E-state index is 12.4. The van der Waals surface area contributed by atoms with Gasteiger partial charge in [-0.2, -0.15) is 5.26 Å². The third-order valence-electron chi connectivity index (χ3n) is 4.61. The van der Waals surface area contributed by atoms with Crippen LogP contribution in [0.1, 0.15) is 42.5 Å². The van der Waals surface area contributed by atoms with Crippen molar-refractivity contribution >= 4 is 23.5 Å².